The normalized spacial score (nSPS) is 10.1. The zero-order valence-electron chi connectivity index (χ0n) is 11.0. The van der Waals surface area contributed by atoms with E-state index >= 15 is 0 Å². The predicted octanol–water partition coefficient (Wildman–Crippen LogP) is 3.58. The third kappa shape index (κ3) is 10.7. The minimum Gasteiger partial charge on any atom is -0.468 e. The van der Waals surface area contributed by atoms with Crippen molar-refractivity contribution >= 4 is 33.9 Å². The van der Waals surface area contributed by atoms with E-state index in [1.807, 2.05) is 0 Å². The number of esters is 1. The van der Waals surface area contributed by atoms with Crippen LogP contribution in [-0.4, -0.2) is 35.5 Å². The Kier molecular flexibility index (Phi) is 12.2. The number of rotatable bonds is 8. The molecule has 0 aromatic rings. The molecule has 0 rings (SSSR count). The maximum absolute atomic E-state index is 11.0. The second-order valence-electron chi connectivity index (χ2n) is 3.56. The maximum Gasteiger partial charge on any atom is 0.327 e. The van der Waals surface area contributed by atoms with Gasteiger partial charge in [0, 0.05) is 0 Å². The Hall–Kier alpha value is -0.160. The lowest BCUT2D eigenvalue weighted by Crippen LogP contribution is -2.06. The van der Waals surface area contributed by atoms with Crippen molar-refractivity contribution < 1.29 is 9.53 Å². The van der Waals surface area contributed by atoms with Crippen LogP contribution in [0.3, 0.4) is 0 Å². The molecule has 0 aliphatic heterocycles. The fraction of sp³-hybridized carbons (Fsp3) is 0.833. The summed E-state index contributed by atoms with van der Waals surface area (Å²) in [4.78, 5) is 15.3. The van der Waals surface area contributed by atoms with Crippen molar-refractivity contribution in [1.29, 1.82) is 0 Å². The monoisotopic (exact) mass is 277 g/mol. The van der Waals surface area contributed by atoms with Crippen LogP contribution in [0.2, 0.25) is 0 Å². The van der Waals surface area contributed by atoms with Gasteiger partial charge in [-0.15, -0.1) is 0 Å². The van der Waals surface area contributed by atoms with Gasteiger partial charge in [0.15, 0.2) is 0 Å². The van der Waals surface area contributed by atoms with Crippen molar-refractivity contribution in [3.05, 3.63) is 0 Å². The first-order chi connectivity index (χ1) is 8.24. The van der Waals surface area contributed by atoms with Crippen LogP contribution in [0.4, 0.5) is 0 Å². The number of methoxy groups -OCH3 is 1. The molecule has 0 aromatic heterocycles. The quantitative estimate of drug-likeness (QED) is 0.294. The van der Waals surface area contributed by atoms with Crippen molar-refractivity contribution in [2.24, 2.45) is 4.99 Å². The van der Waals surface area contributed by atoms with Crippen molar-refractivity contribution in [2.45, 2.75) is 39.5 Å². The fourth-order valence-electron chi connectivity index (χ4n) is 0.934. The lowest BCUT2D eigenvalue weighted by atomic mass is 10.4. The summed E-state index contributed by atoms with van der Waals surface area (Å²) in [5.74, 6) is 1.89. The van der Waals surface area contributed by atoms with Crippen LogP contribution in [0, 0.1) is 0 Å². The number of hydrogen-bond donors (Lipinski definition) is 0. The second kappa shape index (κ2) is 12.3. The third-order valence-electron chi connectivity index (χ3n) is 2.01. The lowest BCUT2D eigenvalue weighted by Gasteiger charge is -2.05. The van der Waals surface area contributed by atoms with Crippen LogP contribution in [0.5, 0.6) is 0 Å². The Balaban J connectivity index is 4.03. The molecule has 0 bridgehead atoms. The molecular weight excluding hydrogens is 254 g/mol. The van der Waals surface area contributed by atoms with E-state index in [2.05, 4.69) is 23.6 Å². The number of nitrogens with zero attached hydrogens (tertiary/aromatic N) is 1. The van der Waals surface area contributed by atoms with Crippen LogP contribution in [0.15, 0.2) is 4.99 Å². The predicted molar refractivity (Wildman–Crippen MR) is 79.1 cm³/mol. The van der Waals surface area contributed by atoms with Gasteiger partial charge >= 0.3 is 5.97 Å². The van der Waals surface area contributed by atoms with Gasteiger partial charge in [0.2, 0.25) is 0 Å². The van der Waals surface area contributed by atoms with Crippen LogP contribution >= 0.6 is 23.5 Å². The van der Waals surface area contributed by atoms with E-state index < -0.39 is 0 Å². The Labute approximate surface area is 113 Å². The smallest absolute Gasteiger partial charge is 0.327 e. The first-order valence-corrected chi connectivity index (χ1v) is 8.08. The molecule has 5 heteroatoms. The zero-order chi connectivity index (χ0) is 12.9. The van der Waals surface area contributed by atoms with Crippen molar-refractivity contribution in [3.63, 3.8) is 0 Å². The van der Waals surface area contributed by atoms with Crippen molar-refractivity contribution in [3.8, 4) is 0 Å². The highest BCUT2D eigenvalue weighted by atomic mass is 32.2. The number of thioether (sulfide) groups is 2. The summed E-state index contributed by atoms with van der Waals surface area (Å²) >= 11 is 3.51. The minimum absolute atomic E-state index is 0.143. The molecule has 0 aliphatic carbocycles. The molecule has 0 heterocycles. The molecule has 0 fully saturated rings. The van der Waals surface area contributed by atoms with E-state index in [-0.39, 0.29) is 12.5 Å². The average molecular weight is 277 g/mol. The van der Waals surface area contributed by atoms with E-state index in [9.17, 15) is 4.79 Å². The summed E-state index contributed by atoms with van der Waals surface area (Å²) in [6.07, 6.45) is 4.76. The number of carbonyl (C=O) groups is 1. The summed E-state index contributed by atoms with van der Waals surface area (Å²) in [5.41, 5.74) is 0. The number of carbonyl (C=O) groups excluding carboxylic acids is 1. The van der Waals surface area contributed by atoms with Gasteiger partial charge in [0.1, 0.15) is 10.9 Å². The Morgan fingerprint density at radius 3 is 2.06 bits per heavy atom. The summed E-state index contributed by atoms with van der Waals surface area (Å²) in [7, 11) is 1.39. The van der Waals surface area contributed by atoms with Gasteiger partial charge < -0.3 is 4.74 Å². The van der Waals surface area contributed by atoms with E-state index in [1.54, 1.807) is 23.5 Å². The first-order valence-electron chi connectivity index (χ1n) is 6.11. The molecule has 0 saturated heterocycles. The van der Waals surface area contributed by atoms with Crippen molar-refractivity contribution in [2.75, 3.05) is 25.2 Å². The summed E-state index contributed by atoms with van der Waals surface area (Å²) < 4.78 is 5.61. The van der Waals surface area contributed by atoms with Crippen LogP contribution in [0.25, 0.3) is 0 Å². The Bertz CT molecular complexity index is 221. The summed E-state index contributed by atoms with van der Waals surface area (Å²) in [6.45, 7) is 4.50. The molecule has 0 saturated carbocycles. The van der Waals surface area contributed by atoms with E-state index in [4.69, 9.17) is 0 Å². The third-order valence-corrected chi connectivity index (χ3v) is 4.46. The van der Waals surface area contributed by atoms with E-state index in [0.717, 1.165) is 15.9 Å². The van der Waals surface area contributed by atoms with Gasteiger partial charge in [-0.1, -0.05) is 50.2 Å². The molecule has 17 heavy (non-hydrogen) atoms. The maximum atomic E-state index is 11.0. The number of ether oxygens (including phenoxy) is 1. The lowest BCUT2D eigenvalue weighted by molar-refractivity contribution is -0.138. The van der Waals surface area contributed by atoms with Gasteiger partial charge in [-0.25, -0.2) is 0 Å². The van der Waals surface area contributed by atoms with Gasteiger partial charge in [-0.3, -0.25) is 9.79 Å². The largest absolute Gasteiger partial charge is 0.468 e. The van der Waals surface area contributed by atoms with Gasteiger partial charge in [-0.2, -0.15) is 0 Å². The molecule has 0 spiro atoms. The molecule has 0 N–H and O–H groups in total. The minimum atomic E-state index is -0.269. The molecule has 100 valence electrons. The zero-order valence-corrected chi connectivity index (χ0v) is 12.7. The Morgan fingerprint density at radius 1 is 1.12 bits per heavy atom. The number of hydrogen-bond acceptors (Lipinski definition) is 5. The Morgan fingerprint density at radius 2 is 1.65 bits per heavy atom. The topological polar surface area (TPSA) is 38.7 Å². The van der Waals surface area contributed by atoms with Crippen LogP contribution in [0.1, 0.15) is 39.5 Å². The van der Waals surface area contributed by atoms with E-state index in [0.29, 0.717) is 0 Å². The highest BCUT2D eigenvalue weighted by Gasteiger charge is 2.04. The molecule has 0 aliphatic rings. The average Bonchev–Trinajstić information content (AvgIpc) is 2.35. The molecule has 0 radical (unpaired) electrons. The molecular formula is C12H23NO2S2. The summed E-state index contributed by atoms with van der Waals surface area (Å²) in [5, 5.41) is 0. The van der Waals surface area contributed by atoms with Gasteiger partial charge in [0.05, 0.1) is 7.11 Å². The van der Waals surface area contributed by atoms with Crippen LogP contribution in [-0.2, 0) is 9.53 Å². The standard InChI is InChI=1S/C12H23NO2S2/c1-4-6-8-16-12(17-9-7-5-2)13-10-11(14)15-3/h4-10H2,1-3H3. The molecule has 3 nitrogen and oxygen atoms in total. The first kappa shape index (κ1) is 16.8. The number of aliphatic imine (C=N–C) groups is 1. The van der Waals surface area contributed by atoms with Gasteiger partial charge in [-0.05, 0) is 24.3 Å². The molecule has 0 amide bonds. The number of unbranched alkanes of at least 4 members (excludes halogenated alkanes) is 2. The molecule has 0 aromatic carbocycles. The fourth-order valence-corrected chi connectivity index (χ4v) is 3.29. The van der Waals surface area contributed by atoms with Gasteiger partial charge in [0.25, 0.3) is 0 Å². The second-order valence-corrected chi connectivity index (χ2v) is 5.99. The SMILES string of the molecule is CCCCSC(=NCC(=O)OC)SCCCC. The van der Waals surface area contributed by atoms with E-state index in [1.165, 1.54) is 32.8 Å². The molecule has 0 unspecified atom stereocenters. The van der Waals surface area contributed by atoms with Crippen LogP contribution < -0.4 is 0 Å². The summed E-state index contributed by atoms with van der Waals surface area (Å²) in [6, 6.07) is 0. The van der Waals surface area contributed by atoms with Crippen molar-refractivity contribution in [1.82, 2.24) is 0 Å². The highest BCUT2D eigenvalue weighted by molar-refractivity contribution is 8.38. The highest BCUT2D eigenvalue weighted by Crippen LogP contribution is 2.20. The molecule has 0 atom stereocenters.